The van der Waals surface area contributed by atoms with E-state index in [4.69, 9.17) is 0 Å². The molecule has 0 aliphatic rings. The number of carbonyl (C=O) groups excluding carboxylic acids is 1. The first kappa shape index (κ1) is 16.0. The fraction of sp³-hybridized carbons (Fsp3) is 0.118. The van der Waals surface area contributed by atoms with Gasteiger partial charge in [-0.3, -0.25) is 9.20 Å². The first-order chi connectivity index (χ1) is 12.1. The van der Waals surface area contributed by atoms with Crippen molar-refractivity contribution in [2.75, 3.05) is 5.32 Å². The van der Waals surface area contributed by atoms with Crippen molar-refractivity contribution < 1.29 is 9.18 Å². The Hall–Kier alpha value is -2.45. The average molecular weight is 372 g/mol. The van der Waals surface area contributed by atoms with Crippen molar-refractivity contribution in [3.8, 4) is 0 Å². The van der Waals surface area contributed by atoms with E-state index in [2.05, 4.69) is 15.5 Å². The molecular weight excluding hydrogens is 359 g/mol. The molecule has 25 heavy (non-hydrogen) atoms. The van der Waals surface area contributed by atoms with E-state index < -0.39 is 11.1 Å². The van der Waals surface area contributed by atoms with Gasteiger partial charge in [0, 0.05) is 0 Å². The zero-order valence-electron chi connectivity index (χ0n) is 13.1. The Morgan fingerprint density at radius 1 is 1.20 bits per heavy atom. The van der Waals surface area contributed by atoms with Crippen LogP contribution in [-0.4, -0.2) is 25.8 Å². The van der Waals surface area contributed by atoms with Gasteiger partial charge in [0.15, 0.2) is 5.16 Å². The minimum absolute atomic E-state index is 0.173. The molecule has 2 aromatic heterocycles. The maximum Gasteiger partial charge on any atom is 0.237 e. The van der Waals surface area contributed by atoms with Crippen molar-refractivity contribution in [1.82, 2.24) is 14.6 Å². The second-order valence-electron chi connectivity index (χ2n) is 5.40. The van der Waals surface area contributed by atoms with Crippen molar-refractivity contribution in [2.24, 2.45) is 0 Å². The minimum Gasteiger partial charge on any atom is -0.323 e. The van der Waals surface area contributed by atoms with E-state index in [0.29, 0.717) is 5.16 Å². The summed E-state index contributed by atoms with van der Waals surface area (Å²) in [5.41, 5.74) is 1.18. The number of rotatable bonds is 4. The van der Waals surface area contributed by atoms with E-state index in [1.807, 2.05) is 28.7 Å². The predicted molar refractivity (Wildman–Crippen MR) is 98.7 cm³/mol. The number of nitrogens with one attached hydrogen (secondary N) is 1. The highest BCUT2D eigenvalue weighted by Crippen LogP contribution is 2.31. The topological polar surface area (TPSA) is 59.3 Å². The van der Waals surface area contributed by atoms with Gasteiger partial charge in [0.2, 0.25) is 10.9 Å². The van der Waals surface area contributed by atoms with Crippen molar-refractivity contribution in [2.45, 2.75) is 17.3 Å². The minimum atomic E-state index is -0.457. The summed E-state index contributed by atoms with van der Waals surface area (Å²) in [6.07, 6.45) is 0. The van der Waals surface area contributed by atoms with E-state index >= 15 is 0 Å². The summed E-state index contributed by atoms with van der Waals surface area (Å²) < 4.78 is 16.7. The molecule has 0 bridgehead atoms. The van der Waals surface area contributed by atoms with Gasteiger partial charge in [0.05, 0.1) is 21.2 Å². The van der Waals surface area contributed by atoms with Gasteiger partial charge in [-0.25, -0.2) is 4.39 Å². The van der Waals surface area contributed by atoms with E-state index in [1.165, 1.54) is 23.9 Å². The molecule has 0 saturated carbocycles. The molecule has 1 N–H and O–H groups in total. The van der Waals surface area contributed by atoms with Gasteiger partial charge in [-0.05, 0) is 31.2 Å². The van der Waals surface area contributed by atoms with Crippen LogP contribution in [0, 0.1) is 5.82 Å². The number of hydrogen-bond donors (Lipinski definition) is 1. The summed E-state index contributed by atoms with van der Waals surface area (Å²) in [5.74, 6) is -0.742. The Morgan fingerprint density at radius 2 is 1.96 bits per heavy atom. The van der Waals surface area contributed by atoms with Crippen LogP contribution in [0.5, 0.6) is 0 Å². The third kappa shape index (κ3) is 2.98. The maximum atomic E-state index is 13.7. The largest absolute Gasteiger partial charge is 0.323 e. The molecule has 2 aromatic carbocycles. The molecule has 1 atom stereocenters. The summed E-state index contributed by atoms with van der Waals surface area (Å²) in [4.78, 5) is 13.2. The van der Waals surface area contributed by atoms with Gasteiger partial charge in [0.25, 0.3) is 0 Å². The van der Waals surface area contributed by atoms with Crippen LogP contribution < -0.4 is 5.32 Å². The molecule has 1 amide bonds. The maximum absolute atomic E-state index is 13.7. The van der Waals surface area contributed by atoms with Gasteiger partial charge >= 0.3 is 0 Å². The highest BCUT2D eigenvalue weighted by atomic mass is 32.2. The number of anilines is 1. The van der Waals surface area contributed by atoms with Gasteiger partial charge in [0.1, 0.15) is 5.82 Å². The number of hydrogen-bond acceptors (Lipinski definition) is 5. The molecule has 0 aliphatic heterocycles. The van der Waals surface area contributed by atoms with Gasteiger partial charge in [-0.2, -0.15) is 0 Å². The van der Waals surface area contributed by atoms with Crippen LogP contribution in [0.3, 0.4) is 0 Å². The number of thiazole rings is 1. The normalized spacial score (nSPS) is 12.6. The molecule has 4 aromatic rings. The highest BCUT2D eigenvalue weighted by Gasteiger charge is 2.20. The lowest BCUT2D eigenvalue weighted by Gasteiger charge is -2.11. The Kier molecular flexibility index (Phi) is 4.14. The van der Waals surface area contributed by atoms with E-state index in [-0.39, 0.29) is 11.6 Å². The zero-order valence-corrected chi connectivity index (χ0v) is 14.8. The highest BCUT2D eigenvalue weighted by molar-refractivity contribution is 8.00. The molecule has 5 nitrogen and oxygen atoms in total. The summed E-state index contributed by atoms with van der Waals surface area (Å²) >= 11 is 2.84. The molecule has 0 spiro atoms. The molecule has 2 heterocycles. The summed E-state index contributed by atoms with van der Waals surface area (Å²) in [5, 5.41) is 11.2. The van der Waals surface area contributed by atoms with Crippen LogP contribution in [-0.2, 0) is 4.79 Å². The lowest BCUT2D eigenvalue weighted by molar-refractivity contribution is -0.115. The Labute approximate surface area is 150 Å². The van der Waals surface area contributed by atoms with Crippen molar-refractivity contribution in [3.05, 3.63) is 54.3 Å². The fourth-order valence-corrected chi connectivity index (χ4v) is 4.32. The van der Waals surface area contributed by atoms with E-state index in [1.54, 1.807) is 30.4 Å². The first-order valence-corrected chi connectivity index (χ1v) is 9.28. The third-order valence-electron chi connectivity index (χ3n) is 3.69. The molecule has 0 aliphatic carbocycles. The fourth-order valence-electron chi connectivity index (χ4n) is 2.44. The number of carbonyl (C=O) groups is 1. The number of aromatic nitrogens is 3. The van der Waals surface area contributed by atoms with Crippen LogP contribution >= 0.6 is 23.1 Å². The summed E-state index contributed by atoms with van der Waals surface area (Å²) in [7, 11) is 0. The Morgan fingerprint density at radius 3 is 2.80 bits per heavy atom. The van der Waals surface area contributed by atoms with Crippen LogP contribution in [0.25, 0.3) is 15.2 Å². The standard InChI is InChI=1S/C17H13FN4OS2/c1-10(15(23)19-12-7-3-2-6-11(12)18)24-16-20-21-17-22(16)13-8-4-5-9-14(13)25-17/h2-10H,1H3,(H,19,23)/t10-/m0/s1. The Bertz CT molecular complexity index is 1070. The summed E-state index contributed by atoms with van der Waals surface area (Å²) in [6, 6.07) is 14.1. The molecule has 8 heteroatoms. The number of halogens is 1. The van der Waals surface area contributed by atoms with E-state index in [9.17, 15) is 9.18 Å². The average Bonchev–Trinajstić information content (AvgIpc) is 3.16. The number of para-hydroxylation sites is 2. The van der Waals surface area contributed by atoms with Gasteiger partial charge < -0.3 is 5.32 Å². The lowest BCUT2D eigenvalue weighted by atomic mass is 10.3. The number of amides is 1. The number of thioether (sulfide) groups is 1. The van der Waals surface area contributed by atoms with Crippen molar-refractivity contribution in [3.63, 3.8) is 0 Å². The molecule has 0 radical (unpaired) electrons. The Balaban J connectivity index is 1.58. The predicted octanol–water partition coefficient (Wildman–Crippen LogP) is 4.20. The smallest absolute Gasteiger partial charge is 0.237 e. The monoisotopic (exact) mass is 372 g/mol. The molecule has 126 valence electrons. The number of nitrogens with zero attached hydrogens (tertiary/aromatic N) is 3. The van der Waals surface area contributed by atoms with Crippen LogP contribution in [0.1, 0.15) is 6.92 Å². The van der Waals surface area contributed by atoms with Crippen LogP contribution in [0.4, 0.5) is 10.1 Å². The van der Waals surface area contributed by atoms with Crippen molar-refractivity contribution >= 4 is 49.9 Å². The quantitative estimate of drug-likeness (QED) is 0.546. The van der Waals surface area contributed by atoms with Gasteiger partial charge in [-0.1, -0.05) is 47.4 Å². The third-order valence-corrected chi connectivity index (χ3v) is 5.75. The molecule has 0 fully saturated rings. The first-order valence-electron chi connectivity index (χ1n) is 7.58. The van der Waals surface area contributed by atoms with Gasteiger partial charge in [-0.15, -0.1) is 10.2 Å². The zero-order chi connectivity index (χ0) is 17.4. The molecule has 0 saturated heterocycles. The van der Waals surface area contributed by atoms with Crippen LogP contribution in [0.15, 0.2) is 53.7 Å². The second-order valence-corrected chi connectivity index (χ2v) is 7.72. The van der Waals surface area contributed by atoms with Crippen molar-refractivity contribution in [1.29, 1.82) is 0 Å². The second kappa shape index (κ2) is 6.45. The summed E-state index contributed by atoms with van der Waals surface area (Å²) in [6.45, 7) is 1.76. The molecular formula is C17H13FN4OS2. The SMILES string of the molecule is C[C@H](Sc1nnc2sc3ccccc3n12)C(=O)Nc1ccccc1F. The molecule has 4 rings (SSSR count). The lowest BCUT2D eigenvalue weighted by Crippen LogP contribution is -2.23. The number of benzene rings is 2. The van der Waals surface area contributed by atoms with Crippen LogP contribution in [0.2, 0.25) is 0 Å². The van der Waals surface area contributed by atoms with E-state index in [0.717, 1.165) is 15.2 Å². The number of fused-ring (bicyclic) bond motifs is 3. The molecule has 0 unspecified atom stereocenters.